The maximum atomic E-state index is 11.2. The van der Waals surface area contributed by atoms with E-state index >= 15 is 0 Å². The van der Waals surface area contributed by atoms with Crippen molar-refractivity contribution < 1.29 is 10.0 Å². The van der Waals surface area contributed by atoms with E-state index in [0.29, 0.717) is 30.9 Å². The van der Waals surface area contributed by atoms with Crippen molar-refractivity contribution in [3.8, 4) is 0 Å². The summed E-state index contributed by atoms with van der Waals surface area (Å²) in [5, 5.41) is 22.9. The molecule has 0 aliphatic rings. The molecule has 1 aromatic rings. The first-order chi connectivity index (χ1) is 8.65. The van der Waals surface area contributed by atoms with Crippen LogP contribution in [0, 0.1) is 10.1 Å². The van der Waals surface area contributed by atoms with Crippen molar-refractivity contribution in [2.45, 2.75) is 13.3 Å². The largest absolute Gasteiger partial charge is 0.396 e. The predicted molar refractivity (Wildman–Crippen MR) is 72.2 cm³/mol. The molecule has 6 heteroatoms. The van der Waals surface area contributed by atoms with Crippen molar-refractivity contribution in [3.63, 3.8) is 0 Å². The Labute approximate surface area is 106 Å². The fraction of sp³-hybridized carbons (Fsp3) is 0.500. The molecular weight excluding hydrogens is 234 g/mol. The third-order valence-electron chi connectivity index (χ3n) is 2.78. The first-order valence-electron chi connectivity index (χ1n) is 5.96. The molecule has 0 radical (unpaired) electrons. The molecule has 18 heavy (non-hydrogen) atoms. The maximum Gasteiger partial charge on any atom is 0.315 e. The second-order valence-electron chi connectivity index (χ2n) is 3.84. The first kappa shape index (κ1) is 14.2. The number of hydrogen-bond acceptors (Lipinski definition) is 5. The molecule has 0 spiro atoms. The lowest BCUT2D eigenvalue weighted by Crippen LogP contribution is -2.25. The van der Waals surface area contributed by atoms with Gasteiger partial charge in [-0.3, -0.25) is 10.1 Å². The highest BCUT2D eigenvalue weighted by atomic mass is 16.6. The van der Waals surface area contributed by atoms with Gasteiger partial charge in [0.25, 0.3) is 0 Å². The number of nitro benzene ring substituents is 1. The van der Waals surface area contributed by atoms with Crippen LogP contribution >= 0.6 is 0 Å². The zero-order valence-corrected chi connectivity index (χ0v) is 10.7. The average Bonchev–Trinajstić information content (AvgIpc) is 2.38. The van der Waals surface area contributed by atoms with Gasteiger partial charge in [-0.2, -0.15) is 0 Å². The fourth-order valence-corrected chi connectivity index (χ4v) is 1.89. The quantitative estimate of drug-likeness (QED) is 0.572. The minimum absolute atomic E-state index is 0.0794. The van der Waals surface area contributed by atoms with E-state index in [-0.39, 0.29) is 17.2 Å². The molecule has 0 amide bonds. The number of nitro groups is 1. The Hall–Kier alpha value is -1.82. The Bertz CT molecular complexity index is 410. The van der Waals surface area contributed by atoms with E-state index in [9.17, 15) is 10.1 Å². The van der Waals surface area contributed by atoms with Crippen molar-refractivity contribution in [1.82, 2.24) is 0 Å². The standard InChI is InChI=1S/C12H19N3O3/c1-3-14(8-5-9-16)11-7-4-6-10(13-2)12(11)15(17)18/h4,6-7,13,16H,3,5,8-9H2,1-2H3. The van der Waals surface area contributed by atoms with Crippen LogP contribution in [0.1, 0.15) is 13.3 Å². The van der Waals surface area contributed by atoms with Gasteiger partial charge in [0.15, 0.2) is 0 Å². The van der Waals surface area contributed by atoms with Gasteiger partial charge >= 0.3 is 5.69 Å². The number of rotatable bonds is 7. The summed E-state index contributed by atoms with van der Waals surface area (Å²) in [4.78, 5) is 12.7. The van der Waals surface area contributed by atoms with Gasteiger partial charge < -0.3 is 15.3 Å². The van der Waals surface area contributed by atoms with Crippen LogP contribution in [0.2, 0.25) is 0 Å². The molecule has 0 aliphatic heterocycles. The summed E-state index contributed by atoms with van der Waals surface area (Å²) >= 11 is 0. The predicted octanol–water partition coefficient (Wildman–Crippen LogP) is 1.85. The number of nitrogens with one attached hydrogen (secondary N) is 1. The van der Waals surface area contributed by atoms with E-state index in [2.05, 4.69) is 5.32 Å². The summed E-state index contributed by atoms with van der Waals surface area (Å²) in [6.07, 6.45) is 0.592. The Morgan fingerprint density at radius 1 is 1.50 bits per heavy atom. The van der Waals surface area contributed by atoms with Crippen LogP contribution in [0.5, 0.6) is 0 Å². The molecule has 0 fully saturated rings. The highest BCUT2D eigenvalue weighted by molar-refractivity contribution is 5.76. The lowest BCUT2D eigenvalue weighted by molar-refractivity contribution is -0.383. The van der Waals surface area contributed by atoms with Gasteiger partial charge in [0, 0.05) is 26.7 Å². The van der Waals surface area contributed by atoms with Gasteiger partial charge in [-0.1, -0.05) is 6.07 Å². The molecule has 2 N–H and O–H groups in total. The number of anilines is 2. The number of aliphatic hydroxyl groups is 1. The number of aliphatic hydroxyl groups excluding tert-OH is 1. The highest BCUT2D eigenvalue weighted by Gasteiger charge is 2.22. The van der Waals surface area contributed by atoms with Crippen LogP contribution < -0.4 is 10.2 Å². The monoisotopic (exact) mass is 253 g/mol. The lowest BCUT2D eigenvalue weighted by Gasteiger charge is -2.23. The van der Waals surface area contributed by atoms with E-state index in [4.69, 9.17) is 5.11 Å². The van der Waals surface area contributed by atoms with Crippen LogP contribution in [-0.2, 0) is 0 Å². The average molecular weight is 253 g/mol. The summed E-state index contributed by atoms with van der Waals surface area (Å²) < 4.78 is 0. The number of nitrogens with zero attached hydrogens (tertiary/aromatic N) is 2. The molecule has 1 aromatic carbocycles. The van der Waals surface area contributed by atoms with Crippen molar-refractivity contribution in [2.24, 2.45) is 0 Å². The highest BCUT2D eigenvalue weighted by Crippen LogP contribution is 2.35. The third kappa shape index (κ3) is 3.10. The zero-order valence-electron chi connectivity index (χ0n) is 10.7. The summed E-state index contributed by atoms with van der Waals surface area (Å²) in [6.45, 7) is 3.28. The molecule has 0 unspecified atom stereocenters. The van der Waals surface area contributed by atoms with Gasteiger partial charge in [0.2, 0.25) is 0 Å². The topological polar surface area (TPSA) is 78.6 Å². The summed E-state index contributed by atoms with van der Waals surface area (Å²) in [5.74, 6) is 0. The SMILES string of the molecule is CCN(CCCO)c1cccc(NC)c1[N+](=O)[O-]. The molecule has 100 valence electrons. The summed E-state index contributed by atoms with van der Waals surface area (Å²) in [6, 6.07) is 5.21. The van der Waals surface area contributed by atoms with E-state index in [1.54, 1.807) is 25.2 Å². The molecule has 0 bridgehead atoms. The van der Waals surface area contributed by atoms with Crippen LogP contribution in [0.3, 0.4) is 0 Å². The molecule has 0 heterocycles. The number of hydrogen-bond donors (Lipinski definition) is 2. The van der Waals surface area contributed by atoms with Gasteiger partial charge in [-0.25, -0.2) is 0 Å². The van der Waals surface area contributed by atoms with E-state index in [0.717, 1.165) is 0 Å². The van der Waals surface area contributed by atoms with Gasteiger partial charge in [0.1, 0.15) is 11.4 Å². The van der Waals surface area contributed by atoms with Gasteiger partial charge in [-0.05, 0) is 25.5 Å². The zero-order chi connectivity index (χ0) is 13.5. The van der Waals surface area contributed by atoms with Crippen LogP contribution in [0.15, 0.2) is 18.2 Å². The van der Waals surface area contributed by atoms with Crippen molar-refractivity contribution in [3.05, 3.63) is 28.3 Å². The van der Waals surface area contributed by atoms with Crippen LogP contribution in [-0.4, -0.2) is 36.8 Å². The second kappa shape index (κ2) is 6.80. The van der Waals surface area contributed by atoms with E-state index < -0.39 is 0 Å². The minimum atomic E-state index is -0.372. The lowest BCUT2D eigenvalue weighted by atomic mass is 10.2. The fourth-order valence-electron chi connectivity index (χ4n) is 1.89. The van der Waals surface area contributed by atoms with Crippen LogP contribution in [0.4, 0.5) is 17.1 Å². The van der Waals surface area contributed by atoms with Gasteiger partial charge in [-0.15, -0.1) is 0 Å². The van der Waals surface area contributed by atoms with Gasteiger partial charge in [0.05, 0.1) is 4.92 Å². The molecule has 0 saturated heterocycles. The molecular formula is C12H19N3O3. The Balaban J connectivity index is 3.16. The van der Waals surface area contributed by atoms with E-state index in [1.165, 1.54) is 0 Å². The Morgan fingerprint density at radius 2 is 2.22 bits per heavy atom. The Kier molecular flexibility index (Phi) is 5.38. The summed E-state index contributed by atoms with van der Waals surface area (Å²) in [5.41, 5.74) is 1.17. The molecule has 0 aliphatic carbocycles. The summed E-state index contributed by atoms with van der Waals surface area (Å²) in [7, 11) is 1.66. The van der Waals surface area contributed by atoms with E-state index in [1.807, 2.05) is 11.8 Å². The van der Waals surface area contributed by atoms with Crippen LogP contribution in [0.25, 0.3) is 0 Å². The first-order valence-corrected chi connectivity index (χ1v) is 5.96. The Morgan fingerprint density at radius 3 is 2.72 bits per heavy atom. The molecule has 0 aromatic heterocycles. The maximum absolute atomic E-state index is 11.2. The number of para-hydroxylation sites is 1. The third-order valence-corrected chi connectivity index (χ3v) is 2.78. The van der Waals surface area contributed by atoms with Crippen molar-refractivity contribution in [1.29, 1.82) is 0 Å². The molecule has 0 saturated carbocycles. The molecule has 1 rings (SSSR count). The smallest absolute Gasteiger partial charge is 0.315 e. The second-order valence-corrected chi connectivity index (χ2v) is 3.84. The normalized spacial score (nSPS) is 10.2. The van der Waals surface area contributed by atoms with Crippen molar-refractivity contribution in [2.75, 3.05) is 37.0 Å². The van der Waals surface area contributed by atoms with Crippen molar-refractivity contribution >= 4 is 17.1 Å². The minimum Gasteiger partial charge on any atom is -0.396 e. The number of benzene rings is 1. The molecule has 0 atom stereocenters. The molecule has 6 nitrogen and oxygen atoms in total.